The second kappa shape index (κ2) is 7.79. The number of benzene rings is 1. The average molecular weight is 374 g/mol. The Morgan fingerprint density at radius 2 is 1.85 bits per heavy atom. The third-order valence-electron chi connectivity index (χ3n) is 4.50. The van der Waals surface area contributed by atoms with E-state index in [1.54, 1.807) is 5.01 Å². The summed E-state index contributed by atoms with van der Waals surface area (Å²) in [4.78, 5) is 2.25. The normalized spacial score (nSPS) is 19.8. The maximum absolute atomic E-state index is 9.60. The largest absolute Gasteiger partial charge is 0.383 e. The number of ether oxygens (including phenoxy) is 2. The van der Waals surface area contributed by atoms with Crippen LogP contribution in [0, 0.1) is 11.3 Å². The SMILES string of the molecule is Cl.N#CC1=C(N)N(c2ccccc2N2CCOCC2)N=C2COCC=C21. The highest BCUT2D eigenvalue weighted by Crippen LogP contribution is 2.35. The number of fused-ring (bicyclic) bond motifs is 1. The standard InChI is InChI=1S/C18H19N5O2.ClH/c19-11-14-13-5-8-25-12-15(13)21-23(18(14)20)17-4-2-1-3-16(17)22-6-9-24-10-7-22;/h1-5H,6-10,12,20H2;1H. The molecule has 0 unspecified atom stereocenters. The Morgan fingerprint density at radius 3 is 2.58 bits per heavy atom. The van der Waals surface area contributed by atoms with Crippen molar-refractivity contribution in [2.45, 2.75) is 0 Å². The molecule has 1 aromatic rings. The van der Waals surface area contributed by atoms with Crippen molar-refractivity contribution in [1.29, 1.82) is 5.26 Å². The molecule has 0 atom stereocenters. The minimum Gasteiger partial charge on any atom is -0.383 e. The van der Waals surface area contributed by atoms with Gasteiger partial charge in [-0.25, -0.2) is 5.01 Å². The van der Waals surface area contributed by atoms with E-state index in [2.05, 4.69) is 16.1 Å². The molecule has 0 bridgehead atoms. The van der Waals surface area contributed by atoms with Crippen molar-refractivity contribution < 1.29 is 9.47 Å². The third-order valence-corrected chi connectivity index (χ3v) is 4.50. The number of para-hydroxylation sites is 2. The number of nitrogens with zero attached hydrogens (tertiary/aromatic N) is 4. The van der Waals surface area contributed by atoms with Crippen LogP contribution in [-0.2, 0) is 9.47 Å². The van der Waals surface area contributed by atoms with E-state index in [9.17, 15) is 5.26 Å². The van der Waals surface area contributed by atoms with Crippen LogP contribution in [-0.4, -0.2) is 45.2 Å². The quantitative estimate of drug-likeness (QED) is 0.850. The number of hydrogen-bond acceptors (Lipinski definition) is 7. The van der Waals surface area contributed by atoms with Crippen molar-refractivity contribution in [3.05, 3.63) is 47.3 Å². The van der Waals surface area contributed by atoms with Crippen LogP contribution < -0.4 is 15.6 Å². The Bertz CT molecular complexity index is 821. The van der Waals surface area contributed by atoms with Crippen LogP contribution in [0.3, 0.4) is 0 Å². The molecule has 4 rings (SSSR count). The molecular weight excluding hydrogens is 354 g/mol. The van der Waals surface area contributed by atoms with E-state index in [0.29, 0.717) is 37.8 Å². The lowest BCUT2D eigenvalue weighted by Gasteiger charge is -2.34. The molecule has 0 aromatic heterocycles. The van der Waals surface area contributed by atoms with Gasteiger partial charge in [-0.15, -0.1) is 12.4 Å². The molecule has 0 radical (unpaired) electrons. The molecule has 1 aromatic carbocycles. The zero-order valence-corrected chi connectivity index (χ0v) is 15.0. The first-order valence-electron chi connectivity index (χ1n) is 8.27. The van der Waals surface area contributed by atoms with Gasteiger partial charge in [-0.2, -0.15) is 10.4 Å². The molecule has 3 heterocycles. The van der Waals surface area contributed by atoms with Gasteiger partial charge in [0, 0.05) is 18.7 Å². The van der Waals surface area contributed by atoms with Crippen LogP contribution in [0.5, 0.6) is 0 Å². The maximum atomic E-state index is 9.60. The summed E-state index contributed by atoms with van der Waals surface area (Å²) in [6.45, 7) is 3.85. The molecule has 136 valence electrons. The summed E-state index contributed by atoms with van der Waals surface area (Å²) in [7, 11) is 0. The third kappa shape index (κ3) is 3.15. The maximum Gasteiger partial charge on any atom is 0.144 e. The fourth-order valence-electron chi connectivity index (χ4n) is 3.26. The Kier molecular flexibility index (Phi) is 5.47. The summed E-state index contributed by atoms with van der Waals surface area (Å²) in [6.07, 6.45) is 1.86. The van der Waals surface area contributed by atoms with Gasteiger partial charge in [-0.05, 0) is 18.2 Å². The van der Waals surface area contributed by atoms with Gasteiger partial charge in [0.2, 0.25) is 0 Å². The molecule has 0 spiro atoms. The number of halogens is 1. The topological polar surface area (TPSA) is 87.1 Å². The molecule has 1 saturated heterocycles. The van der Waals surface area contributed by atoms with Gasteiger partial charge in [0.15, 0.2) is 0 Å². The number of nitriles is 1. The van der Waals surface area contributed by atoms with E-state index in [4.69, 9.17) is 15.2 Å². The number of anilines is 2. The smallest absolute Gasteiger partial charge is 0.144 e. The Morgan fingerprint density at radius 1 is 1.12 bits per heavy atom. The minimum absolute atomic E-state index is 0. The monoisotopic (exact) mass is 373 g/mol. The second-order valence-electron chi connectivity index (χ2n) is 5.95. The number of allylic oxidation sites excluding steroid dienone is 1. The summed E-state index contributed by atoms with van der Waals surface area (Å²) in [5.41, 5.74) is 10.2. The molecule has 0 aliphatic carbocycles. The van der Waals surface area contributed by atoms with Gasteiger partial charge in [-0.1, -0.05) is 12.1 Å². The zero-order chi connectivity index (χ0) is 17.2. The van der Waals surface area contributed by atoms with Crippen LogP contribution >= 0.6 is 12.4 Å². The minimum atomic E-state index is 0. The van der Waals surface area contributed by atoms with Gasteiger partial charge in [0.05, 0.1) is 43.5 Å². The lowest BCUT2D eigenvalue weighted by molar-refractivity contribution is 0.122. The van der Waals surface area contributed by atoms with Crippen LogP contribution in [0.2, 0.25) is 0 Å². The molecule has 7 nitrogen and oxygen atoms in total. The van der Waals surface area contributed by atoms with Gasteiger partial charge < -0.3 is 20.1 Å². The van der Waals surface area contributed by atoms with E-state index in [0.717, 1.165) is 35.7 Å². The first kappa shape index (κ1) is 18.3. The van der Waals surface area contributed by atoms with E-state index in [1.807, 2.05) is 30.3 Å². The van der Waals surface area contributed by atoms with Crippen molar-refractivity contribution in [3.63, 3.8) is 0 Å². The van der Waals surface area contributed by atoms with Crippen LogP contribution in [0.15, 0.2) is 52.4 Å². The number of hydrazone groups is 1. The average Bonchev–Trinajstić information content (AvgIpc) is 2.68. The lowest BCUT2D eigenvalue weighted by atomic mass is 9.99. The van der Waals surface area contributed by atoms with Crippen LogP contribution in [0.4, 0.5) is 11.4 Å². The molecule has 3 aliphatic heterocycles. The van der Waals surface area contributed by atoms with E-state index in [-0.39, 0.29) is 12.4 Å². The molecule has 1 fully saturated rings. The number of hydrogen-bond donors (Lipinski definition) is 1. The number of morpholine rings is 1. The molecular formula is C18H20ClN5O2. The Labute approximate surface area is 158 Å². The first-order valence-corrected chi connectivity index (χ1v) is 8.27. The lowest BCUT2D eigenvalue weighted by Crippen LogP contribution is -2.39. The molecule has 3 aliphatic rings. The zero-order valence-electron chi connectivity index (χ0n) is 14.2. The fourth-order valence-corrected chi connectivity index (χ4v) is 3.26. The molecule has 0 saturated carbocycles. The van der Waals surface area contributed by atoms with Crippen molar-refractivity contribution in [1.82, 2.24) is 0 Å². The van der Waals surface area contributed by atoms with E-state index < -0.39 is 0 Å². The van der Waals surface area contributed by atoms with E-state index in [1.165, 1.54) is 0 Å². The Hall–Kier alpha value is -2.53. The number of nitrogens with two attached hydrogens (primary N) is 1. The highest BCUT2D eigenvalue weighted by molar-refractivity contribution is 6.08. The summed E-state index contributed by atoms with van der Waals surface area (Å²) in [6, 6.07) is 10.2. The van der Waals surface area contributed by atoms with Gasteiger partial charge in [-0.3, -0.25) is 0 Å². The molecule has 26 heavy (non-hydrogen) atoms. The second-order valence-corrected chi connectivity index (χ2v) is 5.95. The van der Waals surface area contributed by atoms with Gasteiger partial charge in [0.25, 0.3) is 0 Å². The van der Waals surface area contributed by atoms with Crippen molar-refractivity contribution in [2.75, 3.05) is 49.4 Å². The van der Waals surface area contributed by atoms with Gasteiger partial charge in [0.1, 0.15) is 17.5 Å². The summed E-state index contributed by atoms with van der Waals surface area (Å²) < 4.78 is 10.9. The predicted octanol–water partition coefficient (Wildman–Crippen LogP) is 1.77. The summed E-state index contributed by atoms with van der Waals surface area (Å²) >= 11 is 0. The molecule has 2 N–H and O–H groups in total. The molecule has 0 amide bonds. The molecule has 8 heteroatoms. The van der Waals surface area contributed by atoms with Crippen molar-refractivity contribution in [2.24, 2.45) is 10.8 Å². The van der Waals surface area contributed by atoms with E-state index >= 15 is 0 Å². The predicted molar refractivity (Wildman–Crippen MR) is 102 cm³/mol. The van der Waals surface area contributed by atoms with Crippen molar-refractivity contribution >= 4 is 29.5 Å². The fraction of sp³-hybridized carbons (Fsp3) is 0.333. The summed E-state index contributed by atoms with van der Waals surface area (Å²) in [5.74, 6) is 0.347. The highest BCUT2D eigenvalue weighted by atomic mass is 35.5. The number of rotatable bonds is 2. The van der Waals surface area contributed by atoms with Crippen molar-refractivity contribution in [3.8, 4) is 6.07 Å². The van der Waals surface area contributed by atoms with Crippen LogP contribution in [0.25, 0.3) is 0 Å². The summed E-state index contributed by atoms with van der Waals surface area (Å²) in [5, 5.41) is 15.9. The first-order chi connectivity index (χ1) is 12.3. The van der Waals surface area contributed by atoms with Crippen LogP contribution in [0.1, 0.15) is 0 Å². The highest BCUT2D eigenvalue weighted by Gasteiger charge is 2.29. The Balaban J connectivity index is 0.00000196. The van der Waals surface area contributed by atoms with Gasteiger partial charge >= 0.3 is 0 Å².